The van der Waals surface area contributed by atoms with E-state index in [9.17, 15) is 14.7 Å². The van der Waals surface area contributed by atoms with Crippen LogP contribution in [0.15, 0.2) is 53.0 Å². The summed E-state index contributed by atoms with van der Waals surface area (Å²) < 4.78 is 0.863. The van der Waals surface area contributed by atoms with Crippen LogP contribution in [0.5, 0.6) is 5.75 Å². The number of phenols is 1. The second kappa shape index (κ2) is 5.37. The number of hydrogen-bond donors (Lipinski definition) is 2. The van der Waals surface area contributed by atoms with Gasteiger partial charge in [-0.25, -0.2) is 4.98 Å². The maximum Gasteiger partial charge on any atom is 0.196 e. The van der Waals surface area contributed by atoms with E-state index in [2.05, 4.69) is 20.9 Å². The smallest absolute Gasteiger partial charge is 0.196 e. The number of carbonyl (C=O) groups excluding carboxylic acids is 2. The monoisotopic (exact) mass is 418 g/mol. The molecule has 3 aromatic carbocycles. The van der Waals surface area contributed by atoms with Crippen LogP contribution in [-0.4, -0.2) is 21.7 Å². The zero-order chi connectivity index (χ0) is 18.9. The quantitative estimate of drug-likeness (QED) is 0.223. The Balaban J connectivity index is 1.97. The summed E-state index contributed by atoms with van der Waals surface area (Å²) >= 11 is 3.41. The van der Waals surface area contributed by atoms with E-state index in [4.69, 9.17) is 5.73 Å². The predicted octanol–water partition coefficient (Wildman–Crippen LogP) is 4.21. The van der Waals surface area contributed by atoms with Crippen LogP contribution in [0, 0.1) is 0 Å². The molecule has 0 radical (unpaired) electrons. The van der Waals surface area contributed by atoms with Crippen molar-refractivity contribution < 1.29 is 14.7 Å². The van der Waals surface area contributed by atoms with Gasteiger partial charge < -0.3 is 10.8 Å². The number of carbonyl (C=O) groups is 2. The number of nitrogens with zero attached hydrogens (tertiary/aromatic N) is 1. The van der Waals surface area contributed by atoms with Crippen LogP contribution in [0.4, 0.5) is 5.69 Å². The number of hydrogen-bond acceptors (Lipinski definition) is 5. The first-order chi connectivity index (χ1) is 13.0. The number of anilines is 1. The molecule has 3 N–H and O–H groups in total. The van der Waals surface area contributed by atoms with Crippen LogP contribution in [-0.2, 0) is 0 Å². The van der Waals surface area contributed by atoms with E-state index in [0.717, 1.165) is 9.86 Å². The van der Waals surface area contributed by atoms with Crippen molar-refractivity contribution in [3.63, 3.8) is 0 Å². The zero-order valence-corrected chi connectivity index (χ0v) is 15.4. The Labute approximate surface area is 161 Å². The fourth-order valence-corrected chi connectivity index (χ4v) is 4.02. The van der Waals surface area contributed by atoms with Gasteiger partial charge in [0.15, 0.2) is 11.6 Å². The van der Waals surface area contributed by atoms with Gasteiger partial charge in [-0.2, -0.15) is 0 Å². The minimum atomic E-state index is -0.382. The first kappa shape index (κ1) is 16.0. The van der Waals surface area contributed by atoms with E-state index in [1.807, 2.05) is 18.2 Å². The Morgan fingerprint density at radius 2 is 1.59 bits per heavy atom. The van der Waals surface area contributed by atoms with Crippen molar-refractivity contribution in [1.29, 1.82) is 0 Å². The molecule has 1 aliphatic carbocycles. The SMILES string of the molecule is Nc1c2c(c3nc4ccc(Br)cc4cc3c1O)C(=O)c1ccccc1C2=O. The summed E-state index contributed by atoms with van der Waals surface area (Å²) in [5.74, 6) is -0.938. The van der Waals surface area contributed by atoms with Gasteiger partial charge in [-0.15, -0.1) is 0 Å². The van der Waals surface area contributed by atoms with Crippen molar-refractivity contribution >= 4 is 55.0 Å². The number of nitrogens with two attached hydrogens (primary N) is 1. The number of phenolic OH excluding ortho intramolecular Hbond substituents is 1. The highest BCUT2D eigenvalue weighted by atomic mass is 79.9. The van der Waals surface area contributed by atoms with Crippen molar-refractivity contribution in [1.82, 2.24) is 4.98 Å². The highest BCUT2D eigenvalue weighted by Gasteiger charge is 2.35. The molecule has 0 aliphatic heterocycles. The fraction of sp³-hybridized carbons (Fsp3) is 0. The van der Waals surface area contributed by atoms with Crippen LogP contribution in [0.3, 0.4) is 0 Å². The molecule has 1 aliphatic rings. The maximum absolute atomic E-state index is 13.2. The van der Waals surface area contributed by atoms with Gasteiger partial charge in [0, 0.05) is 26.4 Å². The lowest BCUT2D eigenvalue weighted by atomic mass is 9.81. The largest absolute Gasteiger partial charge is 0.505 e. The van der Waals surface area contributed by atoms with Crippen molar-refractivity contribution in [3.8, 4) is 5.75 Å². The highest BCUT2D eigenvalue weighted by Crippen LogP contribution is 2.42. The van der Waals surface area contributed by atoms with Crippen LogP contribution < -0.4 is 5.73 Å². The normalized spacial score (nSPS) is 13.1. The third kappa shape index (κ3) is 2.07. The molecule has 0 fully saturated rings. The first-order valence-electron chi connectivity index (χ1n) is 8.20. The summed E-state index contributed by atoms with van der Waals surface area (Å²) in [5.41, 5.74) is 7.69. The van der Waals surface area contributed by atoms with Crippen molar-refractivity contribution in [2.75, 3.05) is 5.73 Å². The molecule has 27 heavy (non-hydrogen) atoms. The predicted molar refractivity (Wildman–Crippen MR) is 106 cm³/mol. The summed E-state index contributed by atoms with van der Waals surface area (Å²) in [6.45, 7) is 0. The number of fused-ring (bicyclic) bond motifs is 5. The van der Waals surface area contributed by atoms with Crippen LogP contribution in [0.25, 0.3) is 21.8 Å². The molecule has 0 saturated heterocycles. The molecule has 5 nitrogen and oxygen atoms in total. The van der Waals surface area contributed by atoms with Gasteiger partial charge in [0.05, 0.1) is 27.8 Å². The Morgan fingerprint density at radius 1 is 0.926 bits per heavy atom. The van der Waals surface area contributed by atoms with Crippen molar-refractivity contribution in [2.24, 2.45) is 0 Å². The molecular weight excluding hydrogens is 408 g/mol. The Kier molecular flexibility index (Phi) is 3.18. The number of rotatable bonds is 0. The average Bonchev–Trinajstić information content (AvgIpc) is 2.68. The molecule has 0 unspecified atom stereocenters. The number of pyridine rings is 1. The third-order valence-electron chi connectivity index (χ3n) is 4.91. The lowest BCUT2D eigenvalue weighted by Crippen LogP contribution is -2.23. The maximum atomic E-state index is 13.2. The molecule has 0 spiro atoms. The van der Waals surface area contributed by atoms with E-state index in [0.29, 0.717) is 16.5 Å². The fourth-order valence-electron chi connectivity index (χ4n) is 3.64. The third-order valence-corrected chi connectivity index (χ3v) is 5.41. The van der Waals surface area contributed by atoms with Gasteiger partial charge >= 0.3 is 0 Å². The number of benzene rings is 3. The molecule has 1 aromatic heterocycles. The van der Waals surface area contributed by atoms with Crippen LogP contribution in [0.1, 0.15) is 31.8 Å². The molecule has 1 heterocycles. The number of halogens is 1. The number of aromatic hydroxyl groups is 1. The second-order valence-corrected chi connectivity index (χ2v) is 7.35. The van der Waals surface area contributed by atoms with Gasteiger partial charge in [0.25, 0.3) is 0 Å². The minimum Gasteiger partial charge on any atom is -0.505 e. The Hall–Kier alpha value is -3.25. The van der Waals surface area contributed by atoms with E-state index in [-0.39, 0.29) is 45.2 Å². The molecule has 130 valence electrons. The minimum absolute atomic E-state index is 0.0210. The van der Waals surface area contributed by atoms with Gasteiger partial charge in [0.2, 0.25) is 0 Å². The van der Waals surface area contributed by atoms with Crippen molar-refractivity contribution in [2.45, 2.75) is 0 Å². The first-order valence-corrected chi connectivity index (χ1v) is 8.99. The topological polar surface area (TPSA) is 93.3 Å². The average molecular weight is 419 g/mol. The lowest BCUT2D eigenvalue weighted by Gasteiger charge is -2.21. The van der Waals surface area contributed by atoms with E-state index in [1.54, 1.807) is 30.3 Å². The molecule has 6 heteroatoms. The molecule has 4 aromatic rings. The summed E-state index contributed by atoms with van der Waals surface area (Å²) in [6.07, 6.45) is 0. The summed E-state index contributed by atoms with van der Waals surface area (Å²) in [7, 11) is 0. The highest BCUT2D eigenvalue weighted by molar-refractivity contribution is 9.10. The molecular formula is C21H11BrN2O3. The number of aromatic nitrogens is 1. The standard InChI is InChI=1S/C21H11BrN2O3/c22-10-5-6-14-9(7-10)8-13-18(24-14)16-15(17(23)21(13)27)19(25)11-3-1-2-4-12(11)20(16)26/h1-8,27H,23H2. The van der Waals surface area contributed by atoms with Crippen LogP contribution >= 0.6 is 15.9 Å². The molecule has 0 bridgehead atoms. The van der Waals surface area contributed by atoms with E-state index in [1.165, 1.54) is 0 Å². The zero-order valence-electron chi connectivity index (χ0n) is 13.8. The summed E-state index contributed by atoms with van der Waals surface area (Å²) in [6, 6.07) is 13.8. The number of ketones is 2. The van der Waals surface area contributed by atoms with Gasteiger partial charge in [-0.3, -0.25) is 9.59 Å². The number of nitrogen functional groups attached to an aromatic ring is 1. The molecule has 0 amide bonds. The van der Waals surface area contributed by atoms with E-state index >= 15 is 0 Å². The molecule has 0 saturated carbocycles. The lowest BCUT2D eigenvalue weighted by molar-refractivity contribution is 0.0980. The van der Waals surface area contributed by atoms with Crippen LogP contribution in [0.2, 0.25) is 0 Å². The molecule has 5 rings (SSSR count). The van der Waals surface area contributed by atoms with Crippen molar-refractivity contribution in [3.05, 3.63) is 75.3 Å². The molecule has 0 atom stereocenters. The van der Waals surface area contributed by atoms with Gasteiger partial charge in [-0.05, 0) is 24.3 Å². The summed E-state index contributed by atoms with van der Waals surface area (Å²) in [4.78, 5) is 30.8. The van der Waals surface area contributed by atoms with E-state index < -0.39 is 0 Å². The van der Waals surface area contributed by atoms with Gasteiger partial charge in [0.1, 0.15) is 5.75 Å². The second-order valence-electron chi connectivity index (χ2n) is 6.44. The van der Waals surface area contributed by atoms with Gasteiger partial charge in [-0.1, -0.05) is 40.2 Å². The Morgan fingerprint density at radius 3 is 2.30 bits per heavy atom. The summed E-state index contributed by atoms with van der Waals surface area (Å²) in [5, 5.41) is 11.8. The Bertz CT molecular complexity index is 1340.